The number of ether oxygens (including phenoxy) is 1. The molecule has 2 N–H and O–H groups in total. The number of nitrogens with zero attached hydrogens (tertiary/aromatic N) is 1. The third kappa shape index (κ3) is 3.12. The van der Waals surface area contributed by atoms with Crippen molar-refractivity contribution in [1.29, 1.82) is 0 Å². The Morgan fingerprint density at radius 2 is 2.05 bits per heavy atom. The molecule has 0 aromatic carbocycles. The van der Waals surface area contributed by atoms with E-state index in [1.54, 1.807) is 0 Å². The van der Waals surface area contributed by atoms with E-state index in [9.17, 15) is 0 Å². The zero-order valence-corrected chi connectivity index (χ0v) is 13.0. The van der Waals surface area contributed by atoms with Gasteiger partial charge < -0.3 is 10.5 Å². The highest BCUT2D eigenvalue weighted by Gasteiger charge is 2.41. The van der Waals surface area contributed by atoms with Gasteiger partial charge in [0.1, 0.15) is 0 Å². The van der Waals surface area contributed by atoms with Crippen molar-refractivity contribution in [3.05, 3.63) is 0 Å². The van der Waals surface area contributed by atoms with E-state index in [0.717, 1.165) is 12.6 Å². The molecule has 3 rings (SSSR count). The zero-order valence-electron chi connectivity index (χ0n) is 12.1. The fraction of sp³-hybridized carbons (Fsp3) is 1.00. The highest BCUT2D eigenvalue weighted by Crippen LogP contribution is 2.39. The number of rotatable bonds is 1. The minimum atomic E-state index is 0.216. The molecule has 0 bridgehead atoms. The first-order valence-electron chi connectivity index (χ1n) is 7.92. The van der Waals surface area contributed by atoms with Crippen LogP contribution >= 0.6 is 11.8 Å². The molecule has 0 amide bonds. The van der Waals surface area contributed by atoms with Crippen molar-refractivity contribution < 1.29 is 4.74 Å². The van der Waals surface area contributed by atoms with Crippen LogP contribution in [0.25, 0.3) is 0 Å². The number of thioether (sulfide) groups is 1. The minimum Gasteiger partial charge on any atom is -0.375 e. The van der Waals surface area contributed by atoms with Gasteiger partial charge in [-0.05, 0) is 57.0 Å². The summed E-state index contributed by atoms with van der Waals surface area (Å²) in [6, 6.07) is 1.81. The number of nitrogens with two attached hydrogens (primary N) is 1. The third-order valence-corrected chi connectivity index (χ3v) is 6.29. The number of hydrogen-bond donors (Lipinski definition) is 1. The summed E-state index contributed by atoms with van der Waals surface area (Å²) in [6.45, 7) is 4.51. The van der Waals surface area contributed by atoms with Crippen LogP contribution in [-0.2, 0) is 4.74 Å². The summed E-state index contributed by atoms with van der Waals surface area (Å²) >= 11 is 2.09. The molecular weight excluding hydrogens is 256 g/mol. The second kappa shape index (κ2) is 5.92. The molecule has 0 saturated carbocycles. The molecule has 3 unspecified atom stereocenters. The first-order chi connectivity index (χ1) is 9.19. The predicted molar refractivity (Wildman–Crippen MR) is 81.6 cm³/mol. The van der Waals surface area contributed by atoms with Gasteiger partial charge >= 0.3 is 0 Å². The fourth-order valence-electron chi connectivity index (χ4n) is 4.15. The van der Waals surface area contributed by atoms with Gasteiger partial charge in [-0.1, -0.05) is 0 Å². The maximum atomic E-state index is 6.22. The Bertz CT molecular complexity index is 301. The Morgan fingerprint density at radius 3 is 2.79 bits per heavy atom. The molecular formula is C15H28N2OS. The van der Waals surface area contributed by atoms with E-state index < -0.39 is 0 Å². The van der Waals surface area contributed by atoms with Crippen molar-refractivity contribution in [1.82, 2.24) is 4.90 Å². The van der Waals surface area contributed by atoms with Crippen LogP contribution in [0, 0.1) is 0 Å². The van der Waals surface area contributed by atoms with Crippen molar-refractivity contribution in [2.24, 2.45) is 5.73 Å². The van der Waals surface area contributed by atoms with E-state index in [2.05, 4.69) is 23.6 Å². The van der Waals surface area contributed by atoms with Gasteiger partial charge in [0.05, 0.1) is 5.60 Å². The molecule has 3 fully saturated rings. The van der Waals surface area contributed by atoms with Crippen LogP contribution < -0.4 is 5.73 Å². The summed E-state index contributed by atoms with van der Waals surface area (Å²) in [7, 11) is 0. The van der Waals surface area contributed by atoms with E-state index in [1.807, 2.05) is 0 Å². The Kier molecular flexibility index (Phi) is 4.42. The second-order valence-electron chi connectivity index (χ2n) is 6.66. The lowest BCUT2D eigenvalue weighted by atomic mass is 9.83. The number of hydrogen-bond acceptors (Lipinski definition) is 4. The van der Waals surface area contributed by atoms with Crippen LogP contribution in [0.3, 0.4) is 0 Å². The molecule has 3 aliphatic rings. The Hall–Kier alpha value is 0.230. The Morgan fingerprint density at radius 1 is 1.26 bits per heavy atom. The Labute approximate surface area is 121 Å². The summed E-state index contributed by atoms with van der Waals surface area (Å²) < 4.78 is 6.22. The number of piperidine rings is 1. The smallest absolute Gasteiger partial charge is 0.0713 e. The highest BCUT2D eigenvalue weighted by atomic mass is 32.2. The van der Waals surface area contributed by atoms with Crippen molar-refractivity contribution in [3.63, 3.8) is 0 Å². The molecule has 0 aromatic rings. The van der Waals surface area contributed by atoms with Crippen LogP contribution in [0.1, 0.15) is 45.4 Å². The van der Waals surface area contributed by atoms with Crippen LogP contribution in [0.5, 0.6) is 0 Å². The second-order valence-corrected chi connectivity index (χ2v) is 7.89. The van der Waals surface area contributed by atoms with Gasteiger partial charge in [-0.25, -0.2) is 0 Å². The van der Waals surface area contributed by atoms with Gasteiger partial charge in [-0.3, -0.25) is 4.90 Å². The molecule has 3 nitrogen and oxygen atoms in total. The van der Waals surface area contributed by atoms with Crippen molar-refractivity contribution in [2.75, 3.05) is 24.7 Å². The van der Waals surface area contributed by atoms with E-state index in [4.69, 9.17) is 10.5 Å². The van der Waals surface area contributed by atoms with Gasteiger partial charge in [-0.15, -0.1) is 0 Å². The largest absolute Gasteiger partial charge is 0.375 e. The summed E-state index contributed by atoms with van der Waals surface area (Å²) in [5.41, 5.74) is 6.31. The molecule has 3 saturated heterocycles. The summed E-state index contributed by atoms with van der Waals surface area (Å²) in [4.78, 5) is 2.73. The van der Waals surface area contributed by atoms with Gasteiger partial charge in [0, 0.05) is 31.3 Å². The molecule has 3 atom stereocenters. The average Bonchev–Trinajstić information content (AvgIpc) is 2.39. The molecule has 3 aliphatic heterocycles. The topological polar surface area (TPSA) is 38.5 Å². The predicted octanol–water partition coefficient (Wildman–Crippen LogP) is 2.24. The monoisotopic (exact) mass is 284 g/mol. The summed E-state index contributed by atoms with van der Waals surface area (Å²) in [5, 5.41) is 0. The normalized spacial score (nSPS) is 40.4. The molecule has 1 spiro atoms. The van der Waals surface area contributed by atoms with E-state index in [-0.39, 0.29) is 5.60 Å². The van der Waals surface area contributed by atoms with Crippen molar-refractivity contribution in [2.45, 2.75) is 69.2 Å². The molecule has 3 heterocycles. The van der Waals surface area contributed by atoms with Crippen LogP contribution in [0.4, 0.5) is 0 Å². The van der Waals surface area contributed by atoms with E-state index in [0.29, 0.717) is 12.1 Å². The zero-order chi connectivity index (χ0) is 13.3. The van der Waals surface area contributed by atoms with Crippen molar-refractivity contribution >= 4 is 11.8 Å². The number of likely N-dealkylation sites (tertiary alicyclic amines) is 1. The molecule has 19 heavy (non-hydrogen) atoms. The van der Waals surface area contributed by atoms with Crippen LogP contribution in [0.15, 0.2) is 0 Å². The van der Waals surface area contributed by atoms with Crippen LogP contribution in [-0.4, -0.2) is 53.3 Å². The maximum absolute atomic E-state index is 6.22. The SMILES string of the molecule is CC1CC(N)CCN1C1CCOC2(CCSCC2)C1. The van der Waals surface area contributed by atoms with Gasteiger partial charge in [0.2, 0.25) is 0 Å². The molecule has 4 heteroatoms. The molecule has 110 valence electrons. The average molecular weight is 284 g/mol. The summed E-state index contributed by atoms with van der Waals surface area (Å²) in [5.74, 6) is 2.57. The maximum Gasteiger partial charge on any atom is 0.0713 e. The summed E-state index contributed by atoms with van der Waals surface area (Å²) in [6.07, 6.45) is 7.33. The highest BCUT2D eigenvalue weighted by molar-refractivity contribution is 7.99. The lowest BCUT2D eigenvalue weighted by Gasteiger charge is -2.49. The lowest BCUT2D eigenvalue weighted by molar-refractivity contribution is -0.117. The van der Waals surface area contributed by atoms with Gasteiger partial charge in [-0.2, -0.15) is 11.8 Å². The minimum absolute atomic E-state index is 0.216. The lowest BCUT2D eigenvalue weighted by Crippen LogP contribution is -2.55. The third-order valence-electron chi connectivity index (χ3n) is 5.31. The first-order valence-corrected chi connectivity index (χ1v) is 9.07. The standard InChI is InChI=1S/C15H28N2OS/c1-12-10-13(16)2-6-17(12)14-3-7-18-15(11-14)4-8-19-9-5-15/h12-14H,2-11,16H2,1H3. The fourth-order valence-corrected chi connectivity index (χ4v) is 5.38. The van der Waals surface area contributed by atoms with E-state index in [1.165, 1.54) is 56.6 Å². The van der Waals surface area contributed by atoms with Crippen LogP contribution in [0.2, 0.25) is 0 Å². The van der Waals surface area contributed by atoms with Gasteiger partial charge in [0.15, 0.2) is 0 Å². The first kappa shape index (κ1) is 14.2. The quantitative estimate of drug-likeness (QED) is 0.801. The van der Waals surface area contributed by atoms with Crippen molar-refractivity contribution in [3.8, 4) is 0 Å². The molecule has 0 radical (unpaired) electrons. The van der Waals surface area contributed by atoms with E-state index >= 15 is 0 Å². The molecule has 0 aromatic heterocycles. The molecule has 0 aliphatic carbocycles. The van der Waals surface area contributed by atoms with Gasteiger partial charge in [0.25, 0.3) is 0 Å². The Balaban J connectivity index is 1.64.